The van der Waals surface area contributed by atoms with Gasteiger partial charge in [0.05, 0.1) is 6.10 Å². The van der Waals surface area contributed by atoms with Crippen molar-refractivity contribution in [2.24, 2.45) is 0 Å². The van der Waals surface area contributed by atoms with Crippen LogP contribution in [0.15, 0.2) is 42.5 Å². The Bertz CT molecular complexity index is 747. The Labute approximate surface area is 188 Å². The zero-order valence-corrected chi connectivity index (χ0v) is 19.2. The molecule has 0 unspecified atom stereocenters. The molecule has 0 aromatic heterocycles. The average molecular weight is 425 g/mol. The molecule has 0 aliphatic heterocycles. The van der Waals surface area contributed by atoms with Crippen LogP contribution in [0, 0.1) is 0 Å². The van der Waals surface area contributed by atoms with Gasteiger partial charge in [0.15, 0.2) is 0 Å². The zero-order valence-electron chi connectivity index (χ0n) is 19.2. The van der Waals surface area contributed by atoms with Gasteiger partial charge in [0.2, 0.25) is 0 Å². The third-order valence-electron chi connectivity index (χ3n) is 6.32. The smallest absolute Gasteiger partial charge is 0.119 e. The van der Waals surface area contributed by atoms with Gasteiger partial charge in [-0.25, -0.2) is 0 Å². The van der Waals surface area contributed by atoms with E-state index in [0.717, 1.165) is 17.9 Å². The van der Waals surface area contributed by atoms with Gasteiger partial charge < -0.3 is 20.9 Å². The first-order valence-electron chi connectivity index (χ1n) is 12.1. The van der Waals surface area contributed by atoms with E-state index in [0.29, 0.717) is 30.0 Å². The van der Waals surface area contributed by atoms with E-state index in [1.807, 2.05) is 12.1 Å². The maximum absolute atomic E-state index is 6.15. The highest BCUT2D eigenvalue weighted by Crippen LogP contribution is 2.35. The molecule has 1 aliphatic rings. The summed E-state index contributed by atoms with van der Waals surface area (Å²) in [6, 6.07) is 14.1. The molecule has 4 nitrogen and oxygen atoms in total. The van der Waals surface area contributed by atoms with Gasteiger partial charge in [0.25, 0.3) is 0 Å². The maximum Gasteiger partial charge on any atom is 0.119 e. The maximum atomic E-state index is 6.15. The fraction of sp³-hybridized carbons (Fsp3) is 0.556. The van der Waals surface area contributed by atoms with Crippen molar-refractivity contribution in [2.75, 3.05) is 18.1 Å². The molecule has 3 rings (SSSR count). The van der Waals surface area contributed by atoms with Crippen molar-refractivity contribution in [2.45, 2.75) is 89.8 Å². The number of nitrogen functional groups attached to an aromatic ring is 2. The molecule has 0 saturated heterocycles. The van der Waals surface area contributed by atoms with Crippen LogP contribution in [0.5, 0.6) is 5.75 Å². The van der Waals surface area contributed by atoms with Crippen LogP contribution in [0.1, 0.15) is 88.2 Å². The number of unbranched alkanes of at least 4 members (excludes halogenated alkanes) is 5. The van der Waals surface area contributed by atoms with E-state index in [1.165, 1.54) is 69.8 Å². The first kappa shape index (κ1) is 23.5. The highest BCUT2D eigenvalue weighted by molar-refractivity contribution is 5.54. The molecule has 170 valence electrons. The standard InChI is InChI=1S/C27H40N2O2/c1-2-3-4-5-6-7-16-30-26-12-8-22(9-13-26)23-10-14-27(15-11-23)31-20-21-17-24(28)19-25(29)18-21/h10-11,14-15,17-19,22,26H,2-9,12-13,16,20,28-29H2,1H3. The largest absolute Gasteiger partial charge is 0.489 e. The molecular formula is C27H40N2O2. The molecule has 2 aromatic rings. The second-order valence-electron chi connectivity index (χ2n) is 8.98. The minimum Gasteiger partial charge on any atom is -0.489 e. The van der Waals surface area contributed by atoms with E-state index in [1.54, 1.807) is 6.07 Å². The Balaban J connectivity index is 1.35. The van der Waals surface area contributed by atoms with Gasteiger partial charge in [-0.05, 0) is 79.5 Å². The summed E-state index contributed by atoms with van der Waals surface area (Å²) in [7, 11) is 0. The fourth-order valence-corrected chi connectivity index (χ4v) is 4.53. The van der Waals surface area contributed by atoms with Crippen molar-refractivity contribution in [3.8, 4) is 5.75 Å². The Morgan fingerprint density at radius 3 is 2.13 bits per heavy atom. The number of anilines is 2. The molecule has 0 heterocycles. The van der Waals surface area contributed by atoms with Crippen molar-refractivity contribution in [3.63, 3.8) is 0 Å². The fourth-order valence-electron chi connectivity index (χ4n) is 4.53. The second kappa shape index (κ2) is 12.6. The molecule has 31 heavy (non-hydrogen) atoms. The van der Waals surface area contributed by atoms with Crippen molar-refractivity contribution in [1.82, 2.24) is 0 Å². The zero-order chi connectivity index (χ0) is 21.9. The van der Waals surface area contributed by atoms with Gasteiger partial charge in [-0.3, -0.25) is 0 Å². The first-order chi connectivity index (χ1) is 15.1. The molecule has 0 bridgehead atoms. The molecule has 1 aliphatic carbocycles. The quantitative estimate of drug-likeness (QED) is 0.289. The van der Waals surface area contributed by atoms with Crippen molar-refractivity contribution in [1.29, 1.82) is 0 Å². The van der Waals surface area contributed by atoms with Crippen LogP contribution in [-0.2, 0) is 11.3 Å². The van der Waals surface area contributed by atoms with Gasteiger partial charge in [-0.2, -0.15) is 0 Å². The van der Waals surface area contributed by atoms with Crippen LogP contribution in [0.4, 0.5) is 11.4 Å². The van der Waals surface area contributed by atoms with Gasteiger partial charge in [-0.1, -0.05) is 51.2 Å². The minimum absolute atomic E-state index is 0.459. The first-order valence-corrected chi connectivity index (χ1v) is 12.1. The normalized spacial score (nSPS) is 18.7. The number of benzene rings is 2. The number of rotatable bonds is 12. The molecule has 1 fully saturated rings. The second-order valence-corrected chi connectivity index (χ2v) is 8.98. The Morgan fingerprint density at radius 1 is 0.806 bits per heavy atom. The van der Waals surface area contributed by atoms with Crippen molar-refractivity contribution in [3.05, 3.63) is 53.6 Å². The third-order valence-corrected chi connectivity index (χ3v) is 6.32. The summed E-state index contributed by atoms with van der Waals surface area (Å²) in [5.74, 6) is 1.51. The highest BCUT2D eigenvalue weighted by atomic mass is 16.5. The predicted octanol–water partition coefficient (Wildman–Crippen LogP) is 6.83. The topological polar surface area (TPSA) is 70.5 Å². The summed E-state index contributed by atoms with van der Waals surface area (Å²) < 4.78 is 12.1. The SMILES string of the molecule is CCCCCCCCOC1CCC(c2ccc(OCc3cc(N)cc(N)c3)cc2)CC1. The summed E-state index contributed by atoms with van der Waals surface area (Å²) in [6.07, 6.45) is 13.2. The summed E-state index contributed by atoms with van der Waals surface area (Å²) in [4.78, 5) is 0. The van der Waals surface area contributed by atoms with Crippen LogP contribution in [0.3, 0.4) is 0 Å². The van der Waals surface area contributed by atoms with E-state index in [9.17, 15) is 0 Å². The molecule has 0 amide bonds. The predicted molar refractivity (Wildman–Crippen MR) is 130 cm³/mol. The van der Waals surface area contributed by atoms with E-state index in [-0.39, 0.29) is 0 Å². The molecule has 0 atom stereocenters. The van der Waals surface area contributed by atoms with Gasteiger partial charge in [0.1, 0.15) is 12.4 Å². The third kappa shape index (κ3) is 8.10. The lowest BCUT2D eigenvalue weighted by Crippen LogP contribution is -2.21. The number of ether oxygens (including phenoxy) is 2. The van der Waals surface area contributed by atoms with Crippen molar-refractivity contribution >= 4 is 11.4 Å². The molecule has 4 heteroatoms. The van der Waals surface area contributed by atoms with Gasteiger partial charge >= 0.3 is 0 Å². The van der Waals surface area contributed by atoms with E-state index < -0.39 is 0 Å². The Morgan fingerprint density at radius 2 is 1.45 bits per heavy atom. The molecule has 1 saturated carbocycles. The van der Waals surface area contributed by atoms with Crippen LogP contribution < -0.4 is 16.2 Å². The number of nitrogens with two attached hydrogens (primary N) is 2. The monoisotopic (exact) mass is 424 g/mol. The molecular weight excluding hydrogens is 384 g/mol. The van der Waals surface area contributed by atoms with Crippen LogP contribution in [0.2, 0.25) is 0 Å². The minimum atomic E-state index is 0.459. The van der Waals surface area contributed by atoms with Crippen LogP contribution in [0.25, 0.3) is 0 Å². The Kier molecular flexibility index (Phi) is 9.54. The summed E-state index contributed by atoms with van der Waals surface area (Å²) in [5, 5.41) is 0. The number of hydrogen-bond donors (Lipinski definition) is 2. The molecule has 0 radical (unpaired) electrons. The summed E-state index contributed by atoms with van der Waals surface area (Å²) >= 11 is 0. The summed E-state index contributed by atoms with van der Waals surface area (Å²) in [6.45, 7) is 3.67. The summed E-state index contributed by atoms with van der Waals surface area (Å²) in [5.41, 5.74) is 15.4. The lowest BCUT2D eigenvalue weighted by molar-refractivity contribution is 0.0226. The lowest BCUT2D eigenvalue weighted by Gasteiger charge is -2.29. The lowest BCUT2D eigenvalue weighted by atomic mass is 9.83. The molecule has 4 N–H and O–H groups in total. The van der Waals surface area contributed by atoms with E-state index >= 15 is 0 Å². The Hall–Kier alpha value is -2.20. The highest BCUT2D eigenvalue weighted by Gasteiger charge is 2.22. The van der Waals surface area contributed by atoms with Crippen molar-refractivity contribution < 1.29 is 9.47 Å². The number of hydrogen-bond acceptors (Lipinski definition) is 4. The van der Waals surface area contributed by atoms with Crippen LogP contribution >= 0.6 is 0 Å². The van der Waals surface area contributed by atoms with Gasteiger partial charge in [0, 0.05) is 18.0 Å². The molecule has 0 spiro atoms. The van der Waals surface area contributed by atoms with E-state index in [2.05, 4.69) is 31.2 Å². The molecule has 2 aromatic carbocycles. The van der Waals surface area contributed by atoms with E-state index in [4.69, 9.17) is 20.9 Å². The average Bonchev–Trinajstić information content (AvgIpc) is 2.77. The van der Waals surface area contributed by atoms with Crippen LogP contribution in [-0.4, -0.2) is 12.7 Å². The van der Waals surface area contributed by atoms with Gasteiger partial charge in [-0.15, -0.1) is 0 Å².